The van der Waals surface area contributed by atoms with E-state index in [1.807, 2.05) is 0 Å². The van der Waals surface area contributed by atoms with Gasteiger partial charge in [-0.1, -0.05) is 19.1 Å². The lowest BCUT2D eigenvalue weighted by atomic mass is 9.97. The van der Waals surface area contributed by atoms with E-state index in [1.165, 1.54) is 77.2 Å². The normalized spacial score (nSPS) is 26.5. The second-order valence-corrected chi connectivity index (χ2v) is 8.65. The van der Waals surface area contributed by atoms with Crippen molar-refractivity contribution >= 4 is 5.69 Å². The van der Waals surface area contributed by atoms with E-state index in [0.717, 1.165) is 30.9 Å². The number of ether oxygens (including phenoxy) is 1. The summed E-state index contributed by atoms with van der Waals surface area (Å²) in [6.45, 7) is 13.2. The molecule has 0 aliphatic carbocycles. The standard InChI is InChI=1S/C23H38N4O/c1-3-24-13-10-20(11-14-24)27-12-6-7-21(19-27)25-15-17-26(18-16-25)22-8-4-5-9-23(22)28-2/h4-5,8-9,20-21H,3,6-7,10-19H2,1-2H3. The lowest BCUT2D eigenvalue weighted by molar-refractivity contribution is 0.0426. The van der Waals surface area contributed by atoms with Crippen LogP contribution >= 0.6 is 0 Å². The Labute approximate surface area is 171 Å². The van der Waals surface area contributed by atoms with Crippen molar-refractivity contribution in [3.63, 3.8) is 0 Å². The zero-order chi connectivity index (χ0) is 19.3. The van der Waals surface area contributed by atoms with Gasteiger partial charge < -0.3 is 14.5 Å². The van der Waals surface area contributed by atoms with Crippen LogP contribution in [0.1, 0.15) is 32.6 Å². The van der Waals surface area contributed by atoms with Crippen molar-refractivity contribution < 1.29 is 4.74 Å². The highest BCUT2D eigenvalue weighted by Crippen LogP contribution is 2.29. The van der Waals surface area contributed by atoms with Crippen LogP contribution in [-0.2, 0) is 0 Å². The average molecular weight is 387 g/mol. The molecule has 1 atom stereocenters. The zero-order valence-electron chi connectivity index (χ0n) is 17.9. The van der Waals surface area contributed by atoms with Gasteiger partial charge in [-0.2, -0.15) is 0 Å². The minimum Gasteiger partial charge on any atom is -0.495 e. The molecule has 1 aromatic rings. The molecule has 5 heteroatoms. The number of likely N-dealkylation sites (tertiary alicyclic amines) is 2. The van der Waals surface area contributed by atoms with E-state index in [2.05, 4.69) is 50.8 Å². The molecule has 3 aliphatic rings. The topological polar surface area (TPSA) is 22.2 Å². The Bertz CT molecular complexity index is 608. The summed E-state index contributed by atoms with van der Waals surface area (Å²) >= 11 is 0. The molecule has 4 rings (SSSR count). The first-order valence-electron chi connectivity index (χ1n) is 11.4. The van der Waals surface area contributed by atoms with Gasteiger partial charge in [0.05, 0.1) is 12.8 Å². The first-order chi connectivity index (χ1) is 13.8. The van der Waals surface area contributed by atoms with Crippen molar-refractivity contribution in [2.75, 3.05) is 70.9 Å². The van der Waals surface area contributed by atoms with Crippen molar-refractivity contribution in [2.45, 2.75) is 44.7 Å². The smallest absolute Gasteiger partial charge is 0.142 e. The molecule has 3 fully saturated rings. The fourth-order valence-electron chi connectivity index (χ4n) is 5.43. The highest BCUT2D eigenvalue weighted by atomic mass is 16.5. The van der Waals surface area contributed by atoms with Crippen LogP contribution in [0.5, 0.6) is 5.75 Å². The Morgan fingerprint density at radius 2 is 1.61 bits per heavy atom. The average Bonchev–Trinajstić information content (AvgIpc) is 2.79. The number of hydrogen-bond acceptors (Lipinski definition) is 5. The summed E-state index contributed by atoms with van der Waals surface area (Å²) in [6.07, 6.45) is 5.47. The second kappa shape index (κ2) is 9.47. The van der Waals surface area contributed by atoms with Crippen molar-refractivity contribution in [1.82, 2.24) is 14.7 Å². The monoisotopic (exact) mass is 386 g/mol. The molecule has 0 N–H and O–H groups in total. The van der Waals surface area contributed by atoms with Crippen LogP contribution in [0.15, 0.2) is 24.3 Å². The zero-order valence-corrected chi connectivity index (χ0v) is 17.9. The molecular weight excluding hydrogens is 348 g/mol. The number of anilines is 1. The lowest BCUT2D eigenvalue weighted by Gasteiger charge is -2.47. The first kappa shape index (κ1) is 20.0. The van der Waals surface area contributed by atoms with Crippen LogP contribution in [0, 0.1) is 0 Å². The summed E-state index contributed by atoms with van der Waals surface area (Å²) in [6, 6.07) is 10.0. The van der Waals surface area contributed by atoms with Crippen LogP contribution in [-0.4, -0.2) is 92.8 Å². The number of para-hydroxylation sites is 2. The van der Waals surface area contributed by atoms with Gasteiger partial charge in [0.15, 0.2) is 0 Å². The van der Waals surface area contributed by atoms with E-state index in [1.54, 1.807) is 7.11 Å². The van der Waals surface area contributed by atoms with Gasteiger partial charge in [0.25, 0.3) is 0 Å². The van der Waals surface area contributed by atoms with E-state index in [0.29, 0.717) is 0 Å². The van der Waals surface area contributed by atoms with Crippen molar-refractivity contribution in [3.8, 4) is 5.75 Å². The molecule has 0 spiro atoms. The summed E-state index contributed by atoms with van der Waals surface area (Å²) in [7, 11) is 1.77. The Morgan fingerprint density at radius 3 is 2.32 bits per heavy atom. The Kier molecular flexibility index (Phi) is 6.76. The molecule has 1 unspecified atom stereocenters. The van der Waals surface area contributed by atoms with E-state index >= 15 is 0 Å². The highest BCUT2D eigenvalue weighted by Gasteiger charge is 2.32. The van der Waals surface area contributed by atoms with Crippen molar-refractivity contribution in [3.05, 3.63) is 24.3 Å². The first-order valence-corrected chi connectivity index (χ1v) is 11.4. The fraction of sp³-hybridized carbons (Fsp3) is 0.739. The minimum absolute atomic E-state index is 0.748. The fourth-order valence-corrected chi connectivity index (χ4v) is 5.43. The molecule has 1 aromatic carbocycles. The van der Waals surface area contributed by atoms with E-state index < -0.39 is 0 Å². The molecule has 0 saturated carbocycles. The third-order valence-electron chi connectivity index (χ3n) is 7.21. The predicted molar refractivity (Wildman–Crippen MR) is 117 cm³/mol. The molecule has 0 amide bonds. The summed E-state index contributed by atoms with van der Waals surface area (Å²) in [5.41, 5.74) is 1.25. The van der Waals surface area contributed by atoms with Crippen molar-refractivity contribution in [2.24, 2.45) is 0 Å². The largest absolute Gasteiger partial charge is 0.495 e. The number of benzene rings is 1. The summed E-state index contributed by atoms with van der Waals surface area (Å²) in [4.78, 5) is 10.7. The molecule has 3 aliphatic heterocycles. The van der Waals surface area contributed by atoms with Crippen LogP contribution in [0.3, 0.4) is 0 Å². The maximum atomic E-state index is 5.57. The molecule has 0 radical (unpaired) electrons. The summed E-state index contributed by atoms with van der Waals surface area (Å²) in [5, 5.41) is 0. The van der Waals surface area contributed by atoms with Gasteiger partial charge in [-0.25, -0.2) is 0 Å². The Hall–Kier alpha value is -1.30. The van der Waals surface area contributed by atoms with Gasteiger partial charge in [0.2, 0.25) is 0 Å². The van der Waals surface area contributed by atoms with E-state index in [-0.39, 0.29) is 0 Å². The number of piperidine rings is 2. The quantitative estimate of drug-likeness (QED) is 0.774. The third kappa shape index (κ3) is 4.47. The number of hydrogen-bond donors (Lipinski definition) is 0. The number of rotatable bonds is 5. The van der Waals surface area contributed by atoms with Gasteiger partial charge in [-0.05, 0) is 64.0 Å². The molecule has 0 aromatic heterocycles. The van der Waals surface area contributed by atoms with Gasteiger partial charge in [-0.15, -0.1) is 0 Å². The van der Waals surface area contributed by atoms with Crippen LogP contribution in [0.25, 0.3) is 0 Å². The lowest BCUT2D eigenvalue weighted by Crippen LogP contribution is -2.57. The minimum atomic E-state index is 0.748. The number of nitrogens with zero attached hydrogens (tertiary/aromatic N) is 4. The molecule has 156 valence electrons. The number of methoxy groups -OCH3 is 1. The van der Waals surface area contributed by atoms with Gasteiger partial charge in [-0.3, -0.25) is 9.80 Å². The Balaban J connectivity index is 1.30. The molecule has 3 heterocycles. The third-order valence-corrected chi connectivity index (χ3v) is 7.21. The predicted octanol–water partition coefficient (Wildman–Crippen LogP) is 2.77. The van der Waals surface area contributed by atoms with Crippen LogP contribution in [0.4, 0.5) is 5.69 Å². The second-order valence-electron chi connectivity index (χ2n) is 8.65. The maximum Gasteiger partial charge on any atom is 0.142 e. The molecule has 0 bridgehead atoms. The summed E-state index contributed by atoms with van der Waals surface area (Å²) < 4.78 is 5.57. The van der Waals surface area contributed by atoms with Gasteiger partial charge >= 0.3 is 0 Å². The number of piperazine rings is 1. The molecule has 5 nitrogen and oxygen atoms in total. The van der Waals surface area contributed by atoms with Gasteiger partial charge in [0, 0.05) is 44.8 Å². The maximum absolute atomic E-state index is 5.57. The van der Waals surface area contributed by atoms with E-state index in [4.69, 9.17) is 4.74 Å². The van der Waals surface area contributed by atoms with Gasteiger partial charge in [0.1, 0.15) is 5.75 Å². The SMILES string of the molecule is CCN1CCC(N2CCCC(N3CCN(c4ccccc4OC)CC3)C2)CC1. The van der Waals surface area contributed by atoms with E-state index in [9.17, 15) is 0 Å². The molecular formula is C23H38N4O. The summed E-state index contributed by atoms with van der Waals surface area (Å²) in [5.74, 6) is 0.998. The Morgan fingerprint density at radius 1 is 0.857 bits per heavy atom. The molecule has 3 saturated heterocycles. The van der Waals surface area contributed by atoms with Crippen molar-refractivity contribution in [1.29, 1.82) is 0 Å². The van der Waals surface area contributed by atoms with Crippen LogP contribution in [0.2, 0.25) is 0 Å². The highest BCUT2D eigenvalue weighted by molar-refractivity contribution is 5.58. The molecule has 28 heavy (non-hydrogen) atoms. The van der Waals surface area contributed by atoms with Crippen LogP contribution < -0.4 is 9.64 Å².